The quantitative estimate of drug-likeness (QED) is 0.880. The normalized spacial score (nSPS) is 10.4. The minimum atomic E-state index is 0.0150. The first kappa shape index (κ1) is 13.5. The number of amides is 1. The van der Waals surface area contributed by atoms with Crippen LogP contribution in [0.4, 0.5) is 5.82 Å². The fraction of sp³-hybridized carbons (Fsp3) is 0.308. The van der Waals surface area contributed by atoms with Gasteiger partial charge in [0.25, 0.3) is 0 Å². The minimum Gasteiger partial charge on any atom is -0.368 e. The number of carbonyl (C=O) groups is 1. The van der Waals surface area contributed by atoms with Crippen LogP contribution in [0.25, 0.3) is 10.8 Å². The summed E-state index contributed by atoms with van der Waals surface area (Å²) in [4.78, 5) is 11.3. The highest BCUT2D eigenvalue weighted by molar-refractivity contribution is 6.34. The van der Waals surface area contributed by atoms with Crippen molar-refractivity contribution in [2.24, 2.45) is 0 Å². The van der Waals surface area contributed by atoms with Gasteiger partial charge in [0.15, 0.2) is 11.0 Å². The van der Waals surface area contributed by atoms with Gasteiger partial charge in [0.1, 0.15) is 0 Å². The predicted octanol–water partition coefficient (Wildman–Crippen LogP) is 2.22. The van der Waals surface area contributed by atoms with Crippen molar-refractivity contribution in [1.29, 1.82) is 0 Å². The highest BCUT2D eigenvalue weighted by Gasteiger charge is 2.07. The monoisotopic (exact) mass is 278 g/mol. The van der Waals surface area contributed by atoms with E-state index in [9.17, 15) is 4.79 Å². The minimum absolute atomic E-state index is 0.0150. The lowest BCUT2D eigenvalue weighted by molar-refractivity contribution is -0.120. The van der Waals surface area contributed by atoms with Gasteiger partial charge in [0.2, 0.25) is 5.91 Å². The average Bonchev–Trinajstić information content (AvgIpc) is 2.42. The van der Waals surface area contributed by atoms with Crippen molar-refractivity contribution in [2.75, 3.05) is 18.4 Å². The summed E-state index contributed by atoms with van der Waals surface area (Å²) in [5.74, 6) is 0.658. The van der Waals surface area contributed by atoms with Crippen molar-refractivity contribution in [3.05, 3.63) is 29.4 Å². The van der Waals surface area contributed by atoms with E-state index in [1.54, 1.807) is 0 Å². The van der Waals surface area contributed by atoms with Gasteiger partial charge in [0.05, 0.1) is 0 Å². The van der Waals surface area contributed by atoms with Crippen LogP contribution in [0.15, 0.2) is 24.3 Å². The first-order chi connectivity index (χ1) is 9.22. The average molecular weight is 279 g/mol. The third-order valence-electron chi connectivity index (χ3n) is 2.66. The summed E-state index contributed by atoms with van der Waals surface area (Å²) in [6.45, 7) is 3.04. The van der Waals surface area contributed by atoms with E-state index >= 15 is 0 Å². The largest absolute Gasteiger partial charge is 0.368 e. The Morgan fingerprint density at radius 1 is 1.26 bits per heavy atom. The summed E-state index contributed by atoms with van der Waals surface area (Å²) in [5.41, 5.74) is 0. The smallest absolute Gasteiger partial charge is 0.221 e. The number of carbonyl (C=O) groups excluding carboxylic acids is 1. The van der Waals surface area contributed by atoms with Crippen LogP contribution < -0.4 is 10.6 Å². The van der Waals surface area contributed by atoms with Crippen LogP contribution in [0.3, 0.4) is 0 Å². The number of hydrogen-bond donors (Lipinski definition) is 2. The topological polar surface area (TPSA) is 66.9 Å². The molecule has 100 valence electrons. The zero-order valence-corrected chi connectivity index (χ0v) is 11.4. The first-order valence-corrected chi connectivity index (χ1v) is 6.51. The Hall–Kier alpha value is -1.88. The van der Waals surface area contributed by atoms with E-state index in [1.165, 1.54) is 0 Å². The van der Waals surface area contributed by atoms with Gasteiger partial charge in [-0.05, 0) is 6.92 Å². The number of aromatic nitrogens is 2. The fourth-order valence-corrected chi connectivity index (χ4v) is 1.98. The van der Waals surface area contributed by atoms with Gasteiger partial charge in [-0.3, -0.25) is 4.79 Å². The van der Waals surface area contributed by atoms with Crippen molar-refractivity contribution in [3.63, 3.8) is 0 Å². The number of nitrogens with zero attached hydrogens (tertiary/aromatic N) is 2. The second-order valence-electron chi connectivity index (χ2n) is 4.02. The second-order valence-corrected chi connectivity index (χ2v) is 4.37. The van der Waals surface area contributed by atoms with E-state index in [2.05, 4.69) is 20.8 Å². The molecule has 1 aromatic carbocycles. The van der Waals surface area contributed by atoms with Crippen LogP contribution in [0.1, 0.15) is 13.3 Å². The van der Waals surface area contributed by atoms with Gasteiger partial charge in [-0.2, -0.15) is 0 Å². The standard InChI is InChI=1S/C13H15ClN4O/c1-2-15-11(19)7-8-16-13-10-6-4-3-5-9(10)12(14)17-18-13/h3-6H,2,7-8H2,1H3,(H,15,19)(H,16,18). The van der Waals surface area contributed by atoms with Crippen molar-refractivity contribution in [1.82, 2.24) is 15.5 Å². The molecule has 0 aliphatic carbocycles. The molecule has 0 bridgehead atoms. The molecular formula is C13H15ClN4O. The van der Waals surface area contributed by atoms with Crippen molar-refractivity contribution in [3.8, 4) is 0 Å². The maximum Gasteiger partial charge on any atom is 0.221 e. The molecule has 0 radical (unpaired) electrons. The number of fused-ring (bicyclic) bond motifs is 1. The molecule has 0 saturated carbocycles. The summed E-state index contributed by atoms with van der Waals surface area (Å²) in [6.07, 6.45) is 0.395. The van der Waals surface area contributed by atoms with Crippen LogP contribution in [0.5, 0.6) is 0 Å². The predicted molar refractivity (Wildman–Crippen MR) is 76.3 cm³/mol. The SMILES string of the molecule is CCNC(=O)CCNc1nnc(Cl)c2ccccc12. The lowest BCUT2D eigenvalue weighted by Gasteiger charge is -2.08. The molecule has 1 aromatic heterocycles. The Kier molecular flexibility index (Phi) is 4.52. The molecule has 0 aliphatic rings. The number of rotatable bonds is 5. The number of anilines is 1. The molecule has 2 N–H and O–H groups in total. The molecule has 6 heteroatoms. The molecule has 2 aromatic rings. The maximum atomic E-state index is 11.3. The zero-order valence-electron chi connectivity index (χ0n) is 10.6. The van der Waals surface area contributed by atoms with E-state index in [0.29, 0.717) is 30.5 Å². The first-order valence-electron chi connectivity index (χ1n) is 6.14. The summed E-state index contributed by atoms with van der Waals surface area (Å²) in [5, 5.41) is 15.9. The lowest BCUT2D eigenvalue weighted by atomic mass is 10.2. The Bertz CT molecular complexity index is 588. The van der Waals surface area contributed by atoms with E-state index in [0.717, 1.165) is 10.8 Å². The van der Waals surface area contributed by atoms with Gasteiger partial charge >= 0.3 is 0 Å². The molecule has 0 aliphatic heterocycles. The molecule has 5 nitrogen and oxygen atoms in total. The molecular weight excluding hydrogens is 264 g/mol. The molecule has 0 atom stereocenters. The van der Waals surface area contributed by atoms with Crippen LogP contribution in [0, 0.1) is 0 Å². The molecule has 0 spiro atoms. The molecule has 19 heavy (non-hydrogen) atoms. The summed E-state index contributed by atoms with van der Waals surface area (Å²) >= 11 is 5.99. The van der Waals surface area contributed by atoms with E-state index in [1.807, 2.05) is 31.2 Å². The molecule has 1 amide bonds. The molecule has 0 fully saturated rings. The van der Waals surface area contributed by atoms with Crippen LogP contribution in [0.2, 0.25) is 5.15 Å². The highest BCUT2D eigenvalue weighted by Crippen LogP contribution is 2.25. The van der Waals surface area contributed by atoms with Crippen molar-refractivity contribution < 1.29 is 4.79 Å². The number of nitrogens with one attached hydrogen (secondary N) is 2. The number of halogens is 1. The van der Waals surface area contributed by atoms with Gasteiger partial charge in [-0.1, -0.05) is 35.9 Å². The fourth-order valence-electron chi connectivity index (χ4n) is 1.78. The highest BCUT2D eigenvalue weighted by atomic mass is 35.5. The van der Waals surface area contributed by atoms with E-state index in [4.69, 9.17) is 11.6 Å². The van der Waals surface area contributed by atoms with Crippen molar-refractivity contribution >= 4 is 34.1 Å². The van der Waals surface area contributed by atoms with Gasteiger partial charge in [-0.25, -0.2) is 0 Å². The Balaban J connectivity index is 2.09. The van der Waals surface area contributed by atoms with E-state index in [-0.39, 0.29) is 5.91 Å². The number of benzene rings is 1. The number of hydrogen-bond acceptors (Lipinski definition) is 4. The van der Waals surface area contributed by atoms with Crippen LogP contribution >= 0.6 is 11.6 Å². The van der Waals surface area contributed by atoms with Gasteiger partial charge in [0, 0.05) is 30.3 Å². The summed E-state index contributed by atoms with van der Waals surface area (Å²) < 4.78 is 0. The zero-order chi connectivity index (χ0) is 13.7. The molecule has 2 rings (SSSR count). The second kappa shape index (κ2) is 6.33. The molecule has 0 unspecified atom stereocenters. The Labute approximate surface area is 116 Å². The molecule has 0 saturated heterocycles. The summed E-state index contributed by atoms with van der Waals surface area (Å²) in [7, 11) is 0. The molecule has 1 heterocycles. The Morgan fingerprint density at radius 3 is 2.74 bits per heavy atom. The lowest BCUT2D eigenvalue weighted by Crippen LogP contribution is -2.24. The summed E-state index contributed by atoms with van der Waals surface area (Å²) in [6, 6.07) is 7.62. The van der Waals surface area contributed by atoms with Gasteiger partial charge < -0.3 is 10.6 Å². The maximum absolute atomic E-state index is 11.3. The van der Waals surface area contributed by atoms with E-state index < -0.39 is 0 Å². The Morgan fingerprint density at radius 2 is 2.00 bits per heavy atom. The van der Waals surface area contributed by atoms with Crippen LogP contribution in [-0.4, -0.2) is 29.2 Å². The van der Waals surface area contributed by atoms with Crippen molar-refractivity contribution in [2.45, 2.75) is 13.3 Å². The third kappa shape index (κ3) is 3.32. The third-order valence-corrected chi connectivity index (χ3v) is 2.94. The van der Waals surface area contributed by atoms with Gasteiger partial charge in [-0.15, -0.1) is 10.2 Å². The van der Waals surface area contributed by atoms with Crippen LogP contribution in [-0.2, 0) is 4.79 Å².